The maximum atomic E-state index is 14.7. The Balaban J connectivity index is 1.99. The van der Waals surface area contributed by atoms with Crippen molar-refractivity contribution in [2.45, 2.75) is 32.1 Å². The van der Waals surface area contributed by atoms with Crippen LogP contribution < -0.4 is 15.2 Å². The van der Waals surface area contributed by atoms with Crippen molar-refractivity contribution in [2.75, 3.05) is 19.0 Å². The van der Waals surface area contributed by atoms with Crippen LogP contribution in [0.2, 0.25) is 19.6 Å². The predicted molar refractivity (Wildman–Crippen MR) is 126 cm³/mol. The van der Waals surface area contributed by atoms with Gasteiger partial charge in [0, 0.05) is 29.6 Å². The third-order valence-electron chi connectivity index (χ3n) is 5.54. The van der Waals surface area contributed by atoms with Gasteiger partial charge in [0.2, 0.25) is 5.91 Å². The first-order valence-corrected chi connectivity index (χ1v) is 14.1. The third kappa shape index (κ3) is 5.33. The molecule has 0 aliphatic carbocycles. The molecule has 2 amide bonds. The van der Waals surface area contributed by atoms with Gasteiger partial charge < -0.3 is 20.1 Å². The van der Waals surface area contributed by atoms with E-state index in [9.17, 15) is 23.2 Å². The Hall–Kier alpha value is -3.53. The average molecular weight is 489 g/mol. The number of carbonyl (C=O) groups is 3. The molecule has 2 N–H and O–H groups in total. The molecule has 34 heavy (non-hydrogen) atoms. The highest BCUT2D eigenvalue weighted by molar-refractivity contribution is 6.88. The van der Waals surface area contributed by atoms with Gasteiger partial charge in [0.15, 0.2) is 0 Å². The molecule has 0 bridgehead atoms. The smallest absolute Gasteiger partial charge is 0.328 e. The molecular weight excluding hydrogens is 462 g/mol. The van der Waals surface area contributed by atoms with E-state index in [1.54, 1.807) is 18.2 Å². The number of fused-ring (bicyclic) bond motifs is 1. The zero-order valence-electron chi connectivity index (χ0n) is 19.3. The second-order valence-corrected chi connectivity index (χ2v) is 14.0. The normalized spacial score (nSPS) is 15.7. The quantitative estimate of drug-likeness (QED) is 0.481. The Labute approximate surface area is 197 Å². The van der Waals surface area contributed by atoms with Gasteiger partial charge in [-0.2, -0.15) is 0 Å². The number of rotatable bonds is 6. The van der Waals surface area contributed by atoms with Crippen molar-refractivity contribution >= 4 is 36.7 Å². The summed E-state index contributed by atoms with van der Waals surface area (Å²) >= 11 is 0. The van der Waals surface area contributed by atoms with Crippen molar-refractivity contribution in [1.82, 2.24) is 4.90 Å². The molecule has 0 saturated carbocycles. The highest BCUT2D eigenvalue weighted by atomic mass is 28.3. The van der Waals surface area contributed by atoms with Gasteiger partial charge >= 0.3 is 5.97 Å². The summed E-state index contributed by atoms with van der Waals surface area (Å²) in [5.74, 6) is -3.54. The zero-order chi connectivity index (χ0) is 25.2. The number of nitrogens with zero attached hydrogens (tertiary/aromatic N) is 1. The number of aliphatic carboxylic acids is 1. The van der Waals surface area contributed by atoms with Crippen LogP contribution >= 0.6 is 0 Å². The summed E-state index contributed by atoms with van der Waals surface area (Å²) in [5.41, 5.74) is 1.22. The summed E-state index contributed by atoms with van der Waals surface area (Å²) < 4.78 is 34.6. The topological polar surface area (TPSA) is 95.9 Å². The Morgan fingerprint density at radius 3 is 2.32 bits per heavy atom. The van der Waals surface area contributed by atoms with Gasteiger partial charge in [-0.25, -0.2) is 13.6 Å². The second kappa shape index (κ2) is 9.76. The third-order valence-corrected chi connectivity index (χ3v) is 7.52. The van der Waals surface area contributed by atoms with E-state index < -0.39 is 43.5 Å². The number of carboxylic acids is 1. The highest BCUT2D eigenvalue weighted by Crippen LogP contribution is 2.33. The molecular formula is C24H26F2N2O5Si. The Kier molecular flexibility index (Phi) is 7.20. The van der Waals surface area contributed by atoms with Crippen molar-refractivity contribution in [3.8, 4) is 5.75 Å². The summed E-state index contributed by atoms with van der Waals surface area (Å²) in [6.07, 6.45) is 1.98. The maximum absolute atomic E-state index is 14.7. The first-order chi connectivity index (χ1) is 15.9. The van der Waals surface area contributed by atoms with Crippen LogP contribution in [0.25, 0.3) is 0 Å². The van der Waals surface area contributed by atoms with Gasteiger partial charge in [0.05, 0.1) is 15.2 Å². The molecule has 2 aromatic carbocycles. The van der Waals surface area contributed by atoms with Crippen molar-refractivity contribution in [3.63, 3.8) is 0 Å². The van der Waals surface area contributed by atoms with Crippen molar-refractivity contribution in [3.05, 3.63) is 65.2 Å². The van der Waals surface area contributed by atoms with Gasteiger partial charge in [-0.15, -0.1) is 0 Å². The number of ether oxygens (including phenoxy) is 1. The van der Waals surface area contributed by atoms with Crippen LogP contribution in [0, 0.1) is 11.6 Å². The number of anilines is 1. The largest absolute Gasteiger partial charge is 0.497 e. The zero-order valence-corrected chi connectivity index (χ0v) is 20.3. The molecule has 0 saturated heterocycles. The monoisotopic (exact) mass is 488 g/mol. The lowest BCUT2D eigenvalue weighted by atomic mass is 9.91. The van der Waals surface area contributed by atoms with E-state index in [1.165, 1.54) is 12.0 Å². The van der Waals surface area contributed by atoms with Crippen LogP contribution in [0.1, 0.15) is 17.2 Å². The van der Waals surface area contributed by atoms with E-state index in [4.69, 9.17) is 9.84 Å². The molecule has 0 unspecified atom stereocenters. The number of benzene rings is 2. The van der Waals surface area contributed by atoms with Crippen LogP contribution in [0.5, 0.6) is 5.75 Å². The summed E-state index contributed by atoms with van der Waals surface area (Å²) in [6.45, 7) is 5.58. The molecule has 180 valence electrons. The SMILES string of the molecule is COc1ccc2c(c1)CCN(C(=O)/C=C\C(=O)O)[C@H]2C(=O)Nc1cc(F)c([Si](C)(C)C)c(F)c1. The summed E-state index contributed by atoms with van der Waals surface area (Å²) in [4.78, 5) is 38.1. The molecule has 1 atom stereocenters. The van der Waals surface area contributed by atoms with Gasteiger partial charge in [-0.05, 0) is 41.8 Å². The molecule has 3 rings (SSSR count). The number of amides is 2. The molecule has 0 fully saturated rings. The lowest BCUT2D eigenvalue weighted by Gasteiger charge is -2.36. The molecule has 2 aromatic rings. The van der Waals surface area contributed by atoms with E-state index in [0.29, 0.717) is 23.8 Å². The Morgan fingerprint density at radius 1 is 1.12 bits per heavy atom. The molecule has 10 heteroatoms. The first-order valence-electron chi connectivity index (χ1n) is 10.6. The molecule has 0 aromatic heterocycles. The summed E-state index contributed by atoms with van der Waals surface area (Å²) in [5, 5.41) is 11.4. The number of nitrogens with one attached hydrogen (secondary N) is 1. The molecule has 7 nitrogen and oxygen atoms in total. The van der Waals surface area contributed by atoms with Gasteiger partial charge in [0.25, 0.3) is 5.91 Å². The fraction of sp³-hybridized carbons (Fsp3) is 0.292. The maximum Gasteiger partial charge on any atom is 0.328 e. The molecule has 0 spiro atoms. The minimum Gasteiger partial charge on any atom is -0.497 e. The summed E-state index contributed by atoms with van der Waals surface area (Å²) in [6, 6.07) is 6.05. The fourth-order valence-electron chi connectivity index (χ4n) is 4.06. The Morgan fingerprint density at radius 2 is 1.76 bits per heavy atom. The van der Waals surface area contributed by atoms with Crippen LogP contribution in [-0.2, 0) is 20.8 Å². The van der Waals surface area contributed by atoms with Gasteiger partial charge in [0.1, 0.15) is 23.4 Å². The van der Waals surface area contributed by atoms with Crippen LogP contribution in [0.15, 0.2) is 42.5 Å². The minimum absolute atomic E-state index is 0.0382. The average Bonchev–Trinajstić information content (AvgIpc) is 2.74. The van der Waals surface area contributed by atoms with E-state index in [2.05, 4.69) is 5.32 Å². The Bertz CT molecular complexity index is 1150. The van der Waals surface area contributed by atoms with Crippen LogP contribution in [0.3, 0.4) is 0 Å². The van der Waals surface area contributed by atoms with Crippen molar-refractivity contribution in [1.29, 1.82) is 0 Å². The standard InChI is InChI=1S/C24H26F2N2O5Si/c1-33-16-5-6-17-14(11-16)9-10-28(20(29)7-8-21(30)31)22(17)24(32)27-15-12-18(25)23(19(26)13-15)34(2,3)4/h5-8,11-13,22H,9-10H2,1-4H3,(H,27,32)(H,30,31)/b8-7-/t22-/m1/s1. The molecule has 1 aliphatic rings. The van der Waals surface area contributed by atoms with Gasteiger partial charge in [-0.3, -0.25) is 9.59 Å². The second-order valence-electron chi connectivity index (χ2n) is 8.97. The number of hydrogen-bond donors (Lipinski definition) is 2. The van der Waals surface area contributed by atoms with Crippen LogP contribution in [0.4, 0.5) is 14.5 Å². The number of methoxy groups -OCH3 is 1. The minimum atomic E-state index is -2.30. The number of carbonyl (C=O) groups excluding carboxylic acids is 2. The summed E-state index contributed by atoms with van der Waals surface area (Å²) in [7, 11) is -0.793. The number of halogens is 2. The fourth-order valence-corrected chi connectivity index (χ4v) is 5.64. The van der Waals surface area contributed by atoms with Gasteiger partial charge in [-0.1, -0.05) is 25.7 Å². The van der Waals surface area contributed by atoms with Crippen molar-refractivity contribution in [2.24, 2.45) is 0 Å². The highest BCUT2D eigenvalue weighted by Gasteiger charge is 2.36. The number of carboxylic acid groups (broad SMARTS) is 1. The van der Waals surface area contributed by atoms with E-state index in [0.717, 1.165) is 23.8 Å². The van der Waals surface area contributed by atoms with Crippen LogP contribution in [-0.4, -0.2) is 49.5 Å². The number of hydrogen-bond acceptors (Lipinski definition) is 4. The molecule has 0 radical (unpaired) electrons. The van der Waals surface area contributed by atoms with E-state index >= 15 is 0 Å². The first kappa shape index (κ1) is 25.1. The molecule has 1 heterocycles. The van der Waals surface area contributed by atoms with E-state index in [1.807, 2.05) is 19.6 Å². The van der Waals surface area contributed by atoms with Crippen molar-refractivity contribution < 1.29 is 33.0 Å². The molecule has 1 aliphatic heterocycles. The lowest BCUT2D eigenvalue weighted by molar-refractivity contribution is -0.136. The predicted octanol–water partition coefficient (Wildman–Crippen LogP) is 3.22. The van der Waals surface area contributed by atoms with E-state index in [-0.39, 0.29) is 17.4 Å². The lowest BCUT2D eigenvalue weighted by Crippen LogP contribution is -2.45.